The molecule has 0 radical (unpaired) electrons. The van der Waals surface area contributed by atoms with Gasteiger partial charge in [-0.15, -0.1) is 0 Å². The molecule has 1 heterocycles. The number of carboxylic acids is 1. The molecule has 4 heteroatoms. The van der Waals surface area contributed by atoms with Crippen LogP contribution in [0.1, 0.15) is 24.0 Å². The number of hydrogen-bond donors (Lipinski definition) is 1. The lowest BCUT2D eigenvalue weighted by molar-refractivity contribution is -0.140. The standard InChI is InChI=1S/C16H15NO3/c18-15(19)16(8-9-16)13-6-7-14(17-10-13)20-11-12-4-2-1-3-5-12/h1-7,10H,8-9,11H2,(H,18,19). The largest absolute Gasteiger partial charge is 0.481 e. The van der Waals surface area contributed by atoms with E-state index < -0.39 is 11.4 Å². The molecule has 0 bridgehead atoms. The van der Waals surface area contributed by atoms with Crippen LogP contribution in [0, 0.1) is 0 Å². The molecule has 1 N–H and O–H groups in total. The van der Waals surface area contributed by atoms with E-state index in [4.69, 9.17) is 4.74 Å². The predicted molar refractivity (Wildman–Crippen MR) is 73.6 cm³/mol. The summed E-state index contributed by atoms with van der Waals surface area (Å²) >= 11 is 0. The lowest BCUT2D eigenvalue weighted by Crippen LogP contribution is -2.19. The first-order chi connectivity index (χ1) is 9.71. The Morgan fingerprint density at radius 3 is 2.50 bits per heavy atom. The van der Waals surface area contributed by atoms with Crippen LogP contribution in [0.15, 0.2) is 48.7 Å². The Morgan fingerprint density at radius 2 is 1.95 bits per heavy atom. The van der Waals surface area contributed by atoms with Crippen molar-refractivity contribution in [2.24, 2.45) is 0 Å². The zero-order chi connectivity index (χ0) is 14.0. The average molecular weight is 269 g/mol. The van der Waals surface area contributed by atoms with Gasteiger partial charge in [0.1, 0.15) is 6.61 Å². The second kappa shape index (κ2) is 4.96. The maximum absolute atomic E-state index is 11.2. The molecule has 1 saturated carbocycles. The van der Waals surface area contributed by atoms with Gasteiger partial charge in [0.15, 0.2) is 0 Å². The van der Waals surface area contributed by atoms with Gasteiger partial charge in [-0.2, -0.15) is 0 Å². The quantitative estimate of drug-likeness (QED) is 0.906. The molecule has 1 aromatic carbocycles. The fourth-order valence-corrected chi connectivity index (χ4v) is 2.23. The summed E-state index contributed by atoms with van der Waals surface area (Å²) in [7, 11) is 0. The SMILES string of the molecule is O=C(O)C1(c2ccc(OCc3ccccc3)nc2)CC1. The summed E-state index contributed by atoms with van der Waals surface area (Å²) in [6, 6.07) is 13.4. The molecule has 0 unspecified atom stereocenters. The molecule has 0 aliphatic heterocycles. The van der Waals surface area contributed by atoms with Crippen LogP contribution in [-0.2, 0) is 16.8 Å². The molecule has 4 nitrogen and oxygen atoms in total. The Morgan fingerprint density at radius 1 is 1.20 bits per heavy atom. The molecule has 1 aromatic heterocycles. The molecule has 1 aliphatic rings. The van der Waals surface area contributed by atoms with E-state index in [1.807, 2.05) is 30.3 Å². The highest BCUT2D eigenvalue weighted by molar-refractivity contribution is 5.84. The van der Waals surface area contributed by atoms with Gasteiger partial charge in [-0.05, 0) is 24.0 Å². The Labute approximate surface area is 117 Å². The molecule has 1 aliphatic carbocycles. The van der Waals surface area contributed by atoms with Crippen LogP contribution in [0.4, 0.5) is 0 Å². The van der Waals surface area contributed by atoms with Gasteiger partial charge in [0, 0.05) is 12.3 Å². The van der Waals surface area contributed by atoms with Gasteiger partial charge in [0.05, 0.1) is 5.41 Å². The highest BCUT2D eigenvalue weighted by Crippen LogP contribution is 2.48. The van der Waals surface area contributed by atoms with Crippen molar-refractivity contribution in [3.05, 3.63) is 59.8 Å². The summed E-state index contributed by atoms with van der Waals surface area (Å²) in [5.41, 5.74) is 1.13. The monoisotopic (exact) mass is 269 g/mol. The highest BCUT2D eigenvalue weighted by Gasteiger charge is 2.51. The summed E-state index contributed by atoms with van der Waals surface area (Å²) in [6.07, 6.45) is 2.99. The Bertz CT molecular complexity index is 603. The lowest BCUT2D eigenvalue weighted by atomic mass is 9.98. The smallest absolute Gasteiger partial charge is 0.314 e. The van der Waals surface area contributed by atoms with Crippen molar-refractivity contribution < 1.29 is 14.6 Å². The summed E-state index contributed by atoms with van der Waals surface area (Å²) < 4.78 is 5.58. The Balaban J connectivity index is 1.67. The van der Waals surface area contributed by atoms with Gasteiger partial charge >= 0.3 is 5.97 Å². The molecule has 0 atom stereocenters. The number of carboxylic acid groups (broad SMARTS) is 1. The van der Waals surface area contributed by atoms with Gasteiger partial charge in [0.25, 0.3) is 0 Å². The average Bonchev–Trinajstić information content (AvgIpc) is 3.28. The Hall–Kier alpha value is -2.36. The molecule has 1 fully saturated rings. The number of ether oxygens (including phenoxy) is 1. The molecule has 102 valence electrons. The van der Waals surface area contributed by atoms with Crippen LogP contribution < -0.4 is 4.74 Å². The normalized spacial score (nSPS) is 15.6. The van der Waals surface area contributed by atoms with Crippen LogP contribution in [0.2, 0.25) is 0 Å². The second-order valence-electron chi connectivity index (χ2n) is 5.05. The number of aliphatic carboxylic acids is 1. The molecule has 2 aromatic rings. The molecule has 0 saturated heterocycles. The maximum Gasteiger partial charge on any atom is 0.314 e. The minimum absolute atomic E-state index is 0.456. The van der Waals surface area contributed by atoms with E-state index in [9.17, 15) is 9.90 Å². The van der Waals surface area contributed by atoms with Gasteiger partial charge in [0.2, 0.25) is 5.88 Å². The first-order valence-corrected chi connectivity index (χ1v) is 6.57. The molecular formula is C16H15NO3. The van der Waals surface area contributed by atoms with E-state index in [2.05, 4.69) is 4.98 Å². The van der Waals surface area contributed by atoms with Crippen LogP contribution in [0.5, 0.6) is 5.88 Å². The van der Waals surface area contributed by atoms with E-state index >= 15 is 0 Å². The van der Waals surface area contributed by atoms with Crippen LogP contribution >= 0.6 is 0 Å². The zero-order valence-electron chi connectivity index (χ0n) is 11.0. The number of hydrogen-bond acceptors (Lipinski definition) is 3. The third kappa shape index (κ3) is 2.37. The predicted octanol–water partition coefficient (Wildman–Crippen LogP) is 2.78. The van der Waals surface area contributed by atoms with Crippen molar-refractivity contribution in [3.8, 4) is 5.88 Å². The molecule has 0 amide bonds. The maximum atomic E-state index is 11.2. The van der Waals surface area contributed by atoms with Crippen molar-refractivity contribution in [1.29, 1.82) is 0 Å². The van der Waals surface area contributed by atoms with Gasteiger partial charge in [-0.3, -0.25) is 4.79 Å². The number of nitrogens with zero attached hydrogens (tertiary/aromatic N) is 1. The van der Waals surface area contributed by atoms with Crippen molar-refractivity contribution in [1.82, 2.24) is 4.98 Å². The third-order valence-corrected chi connectivity index (χ3v) is 3.68. The number of rotatable bonds is 5. The summed E-state index contributed by atoms with van der Waals surface area (Å²) in [4.78, 5) is 15.4. The van der Waals surface area contributed by atoms with Crippen molar-refractivity contribution in [3.63, 3.8) is 0 Å². The lowest BCUT2D eigenvalue weighted by Gasteiger charge is -2.10. The minimum Gasteiger partial charge on any atom is -0.481 e. The van der Waals surface area contributed by atoms with E-state index in [0.29, 0.717) is 25.3 Å². The number of pyridine rings is 1. The number of benzene rings is 1. The summed E-state index contributed by atoms with van der Waals surface area (Å²) in [6.45, 7) is 0.456. The topological polar surface area (TPSA) is 59.4 Å². The summed E-state index contributed by atoms with van der Waals surface area (Å²) in [5, 5.41) is 9.22. The molecule has 0 spiro atoms. The minimum atomic E-state index is -0.766. The van der Waals surface area contributed by atoms with Gasteiger partial charge in [-0.25, -0.2) is 4.98 Å². The Kier molecular flexibility index (Phi) is 3.14. The van der Waals surface area contributed by atoms with Crippen LogP contribution in [-0.4, -0.2) is 16.1 Å². The fraction of sp³-hybridized carbons (Fsp3) is 0.250. The first kappa shape index (κ1) is 12.7. The fourth-order valence-electron chi connectivity index (χ4n) is 2.23. The van der Waals surface area contributed by atoms with E-state index in [-0.39, 0.29) is 0 Å². The van der Waals surface area contributed by atoms with Gasteiger partial charge in [-0.1, -0.05) is 36.4 Å². The van der Waals surface area contributed by atoms with E-state index in [0.717, 1.165) is 11.1 Å². The van der Waals surface area contributed by atoms with Crippen molar-refractivity contribution in [2.45, 2.75) is 24.9 Å². The van der Waals surface area contributed by atoms with E-state index in [1.54, 1.807) is 18.3 Å². The van der Waals surface area contributed by atoms with Crippen LogP contribution in [0.25, 0.3) is 0 Å². The second-order valence-corrected chi connectivity index (χ2v) is 5.05. The molecule has 3 rings (SSSR count). The zero-order valence-corrected chi connectivity index (χ0v) is 11.0. The number of aromatic nitrogens is 1. The summed E-state index contributed by atoms with van der Waals surface area (Å²) in [5.74, 6) is -0.254. The number of carbonyl (C=O) groups is 1. The molecule has 20 heavy (non-hydrogen) atoms. The van der Waals surface area contributed by atoms with E-state index in [1.165, 1.54) is 0 Å². The first-order valence-electron chi connectivity index (χ1n) is 6.57. The van der Waals surface area contributed by atoms with Crippen molar-refractivity contribution >= 4 is 5.97 Å². The third-order valence-electron chi connectivity index (χ3n) is 3.68. The van der Waals surface area contributed by atoms with Crippen LogP contribution in [0.3, 0.4) is 0 Å². The van der Waals surface area contributed by atoms with Crippen molar-refractivity contribution in [2.75, 3.05) is 0 Å². The highest BCUT2D eigenvalue weighted by atomic mass is 16.5. The molecular weight excluding hydrogens is 254 g/mol. The van der Waals surface area contributed by atoms with Gasteiger partial charge < -0.3 is 9.84 Å².